The molecule has 0 saturated carbocycles. The van der Waals surface area contributed by atoms with Crippen molar-refractivity contribution >= 4 is 24.2 Å². The van der Waals surface area contributed by atoms with Crippen molar-refractivity contribution in [3.8, 4) is 11.1 Å². The van der Waals surface area contributed by atoms with Crippen molar-refractivity contribution in [1.29, 1.82) is 0 Å². The van der Waals surface area contributed by atoms with Crippen LogP contribution in [-0.4, -0.2) is 32.6 Å². The molecule has 1 aromatic carbocycles. The van der Waals surface area contributed by atoms with Crippen LogP contribution in [0.25, 0.3) is 11.1 Å². The summed E-state index contributed by atoms with van der Waals surface area (Å²) < 4.78 is 0. The van der Waals surface area contributed by atoms with Gasteiger partial charge in [-0.05, 0) is 53.0 Å². The first kappa shape index (κ1) is 18.8. The van der Waals surface area contributed by atoms with E-state index >= 15 is 0 Å². The fourth-order valence-corrected chi connectivity index (χ4v) is 1.85. The summed E-state index contributed by atoms with van der Waals surface area (Å²) in [6, 6.07) is 14.3. The van der Waals surface area contributed by atoms with Gasteiger partial charge in [-0.25, -0.2) is 0 Å². The summed E-state index contributed by atoms with van der Waals surface area (Å²) in [5.41, 5.74) is 2.80. The standard InChI is InChI=1S/C10H8N2.C6H6BClO2.H2O/c1-5-11-6-2-9(1)10-3-7-12-8-4-10;8-6-3-1-5(2-4-6)7(9)10;/h1-8H;1-4,9-10H;1H2. The number of pyridine rings is 2. The number of aromatic nitrogens is 2. The Balaban J connectivity index is 0.000000224. The quantitative estimate of drug-likeness (QED) is 0.693. The average molecular weight is 331 g/mol. The van der Waals surface area contributed by atoms with E-state index in [0.29, 0.717) is 10.5 Å². The van der Waals surface area contributed by atoms with Crippen LogP contribution in [-0.2, 0) is 0 Å². The van der Waals surface area contributed by atoms with E-state index in [1.165, 1.54) is 11.1 Å². The van der Waals surface area contributed by atoms with E-state index in [1.807, 2.05) is 24.3 Å². The van der Waals surface area contributed by atoms with Gasteiger partial charge in [-0.3, -0.25) is 9.97 Å². The number of hydrogen-bond donors (Lipinski definition) is 2. The van der Waals surface area contributed by atoms with Crippen LogP contribution < -0.4 is 5.46 Å². The molecule has 2 aromatic heterocycles. The molecule has 0 spiro atoms. The zero-order valence-electron chi connectivity index (χ0n) is 12.2. The lowest BCUT2D eigenvalue weighted by Crippen LogP contribution is -2.29. The number of nitrogens with zero attached hydrogens (tertiary/aromatic N) is 2. The molecule has 0 radical (unpaired) electrons. The minimum Gasteiger partial charge on any atom is -0.423 e. The average Bonchev–Trinajstić information content (AvgIpc) is 2.57. The summed E-state index contributed by atoms with van der Waals surface area (Å²) in [5, 5.41) is 17.8. The molecule has 0 atom stereocenters. The van der Waals surface area contributed by atoms with Crippen LogP contribution in [0.5, 0.6) is 0 Å². The number of rotatable bonds is 2. The Kier molecular flexibility index (Phi) is 7.94. The maximum atomic E-state index is 8.63. The molecule has 0 saturated heterocycles. The normalized spacial score (nSPS) is 9.17. The highest BCUT2D eigenvalue weighted by Crippen LogP contribution is 2.15. The SMILES string of the molecule is O.OB(O)c1ccc(Cl)cc1.c1cc(-c2ccncc2)ccn1. The lowest BCUT2D eigenvalue weighted by Gasteiger charge is -1.97. The van der Waals surface area contributed by atoms with Gasteiger partial charge in [0.2, 0.25) is 0 Å². The van der Waals surface area contributed by atoms with Gasteiger partial charge in [-0.15, -0.1) is 0 Å². The van der Waals surface area contributed by atoms with Gasteiger partial charge in [0.05, 0.1) is 0 Å². The molecular weight excluding hydrogens is 314 g/mol. The molecule has 118 valence electrons. The molecule has 5 nitrogen and oxygen atoms in total. The summed E-state index contributed by atoms with van der Waals surface area (Å²) in [6.07, 6.45) is 7.15. The first-order chi connectivity index (χ1) is 10.7. The minimum absolute atomic E-state index is 0. The fraction of sp³-hybridized carbons (Fsp3) is 0. The third-order valence-corrected chi connectivity index (χ3v) is 3.11. The van der Waals surface area contributed by atoms with Gasteiger partial charge in [0.25, 0.3) is 0 Å². The molecule has 0 bridgehead atoms. The van der Waals surface area contributed by atoms with Crippen LogP contribution in [0.3, 0.4) is 0 Å². The Labute approximate surface area is 139 Å². The van der Waals surface area contributed by atoms with E-state index < -0.39 is 7.12 Å². The van der Waals surface area contributed by atoms with Crippen molar-refractivity contribution in [3.63, 3.8) is 0 Å². The molecular formula is C16H16BClN2O3. The van der Waals surface area contributed by atoms with E-state index in [2.05, 4.69) is 9.97 Å². The zero-order valence-corrected chi connectivity index (χ0v) is 12.9. The molecule has 3 rings (SSSR count). The second kappa shape index (κ2) is 9.71. The number of benzene rings is 1. The second-order valence-corrected chi connectivity index (χ2v) is 4.83. The van der Waals surface area contributed by atoms with Crippen molar-refractivity contribution in [2.75, 3.05) is 0 Å². The third kappa shape index (κ3) is 6.18. The fourth-order valence-electron chi connectivity index (χ4n) is 1.72. The molecule has 0 unspecified atom stereocenters. The second-order valence-electron chi connectivity index (χ2n) is 4.40. The molecule has 0 fully saturated rings. The van der Waals surface area contributed by atoms with E-state index in [-0.39, 0.29) is 5.48 Å². The van der Waals surface area contributed by atoms with Crippen LogP contribution >= 0.6 is 11.6 Å². The Bertz CT molecular complexity index is 645. The van der Waals surface area contributed by atoms with Crippen molar-refractivity contribution in [1.82, 2.24) is 9.97 Å². The lowest BCUT2D eigenvalue weighted by molar-refractivity contribution is 0.426. The highest BCUT2D eigenvalue weighted by Gasteiger charge is 2.08. The zero-order chi connectivity index (χ0) is 15.8. The van der Waals surface area contributed by atoms with Gasteiger partial charge in [0.15, 0.2) is 0 Å². The van der Waals surface area contributed by atoms with Crippen molar-refractivity contribution in [2.24, 2.45) is 0 Å². The van der Waals surface area contributed by atoms with Gasteiger partial charge in [0, 0.05) is 29.8 Å². The Hall–Kier alpha value is -2.25. The van der Waals surface area contributed by atoms with Crippen LogP contribution in [0.4, 0.5) is 0 Å². The predicted octanol–water partition coefficient (Wildman–Crippen LogP) is 1.34. The smallest absolute Gasteiger partial charge is 0.423 e. The maximum Gasteiger partial charge on any atom is 0.488 e. The summed E-state index contributed by atoms with van der Waals surface area (Å²) in [5.74, 6) is 0. The summed E-state index contributed by atoms with van der Waals surface area (Å²) >= 11 is 5.55. The maximum absolute atomic E-state index is 8.63. The largest absolute Gasteiger partial charge is 0.488 e. The summed E-state index contributed by atoms with van der Waals surface area (Å²) in [4.78, 5) is 7.91. The number of hydrogen-bond acceptors (Lipinski definition) is 4. The van der Waals surface area contributed by atoms with Crippen molar-refractivity contribution in [3.05, 3.63) is 78.3 Å². The van der Waals surface area contributed by atoms with Crippen LogP contribution in [0, 0.1) is 0 Å². The third-order valence-electron chi connectivity index (χ3n) is 2.86. The molecule has 23 heavy (non-hydrogen) atoms. The highest BCUT2D eigenvalue weighted by molar-refractivity contribution is 6.58. The summed E-state index contributed by atoms with van der Waals surface area (Å²) in [6.45, 7) is 0. The predicted molar refractivity (Wildman–Crippen MR) is 92.4 cm³/mol. The lowest BCUT2D eigenvalue weighted by atomic mass is 9.81. The van der Waals surface area contributed by atoms with Gasteiger partial charge in [0.1, 0.15) is 0 Å². The molecule has 0 amide bonds. The Morgan fingerprint density at radius 3 is 1.43 bits per heavy atom. The molecule has 3 aromatic rings. The van der Waals surface area contributed by atoms with Crippen molar-refractivity contribution in [2.45, 2.75) is 0 Å². The molecule has 0 aliphatic heterocycles. The highest BCUT2D eigenvalue weighted by atomic mass is 35.5. The first-order valence-corrected chi connectivity index (χ1v) is 6.96. The topological polar surface area (TPSA) is 97.7 Å². The molecule has 0 aliphatic rings. The van der Waals surface area contributed by atoms with Crippen molar-refractivity contribution < 1.29 is 15.5 Å². The minimum atomic E-state index is -1.41. The van der Waals surface area contributed by atoms with Gasteiger partial charge in [-0.1, -0.05) is 23.7 Å². The van der Waals surface area contributed by atoms with E-state index in [0.717, 1.165) is 0 Å². The van der Waals surface area contributed by atoms with Gasteiger partial charge in [-0.2, -0.15) is 0 Å². The number of halogens is 1. The first-order valence-electron chi connectivity index (χ1n) is 6.59. The summed E-state index contributed by atoms with van der Waals surface area (Å²) in [7, 11) is -1.41. The van der Waals surface area contributed by atoms with E-state index in [1.54, 1.807) is 49.1 Å². The van der Waals surface area contributed by atoms with Gasteiger partial charge >= 0.3 is 7.12 Å². The monoisotopic (exact) mass is 330 g/mol. The molecule has 2 heterocycles. The van der Waals surface area contributed by atoms with Crippen LogP contribution in [0.1, 0.15) is 0 Å². The molecule has 0 aliphatic carbocycles. The van der Waals surface area contributed by atoms with Crippen LogP contribution in [0.15, 0.2) is 73.3 Å². The van der Waals surface area contributed by atoms with Gasteiger partial charge < -0.3 is 15.5 Å². The molecule has 4 N–H and O–H groups in total. The molecule has 7 heteroatoms. The Morgan fingerprint density at radius 2 is 1.09 bits per heavy atom. The van der Waals surface area contributed by atoms with Crippen LogP contribution in [0.2, 0.25) is 5.02 Å². The Morgan fingerprint density at radius 1 is 0.696 bits per heavy atom. The van der Waals surface area contributed by atoms with E-state index in [9.17, 15) is 0 Å². The van der Waals surface area contributed by atoms with E-state index in [4.69, 9.17) is 21.6 Å².